The minimum atomic E-state index is -0.477. The Morgan fingerprint density at radius 1 is 1.00 bits per heavy atom. The second-order valence-electron chi connectivity index (χ2n) is 8.73. The van der Waals surface area contributed by atoms with Crippen molar-refractivity contribution in [1.29, 1.82) is 0 Å². The molecular formula is C24H40N2O3. The van der Waals surface area contributed by atoms with Gasteiger partial charge in [0.2, 0.25) is 0 Å². The van der Waals surface area contributed by atoms with E-state index < -0.39 is 6.10 Å². The van der Waals surface area contributed by atoms with Crippen LogP contribution in [0.4, 0.5) is 0 Å². The van der Waals surface area contributed by atoms with Gasteiger partial charge in [0.25, 0.3) is 0 Å². The predicted molar refractivity (Wildman–Crippen MR) is 118 cm³/mol. The Balaban J connectivity index is 1.46. The van der Waals surface area contributed by atoms with Crippen molar-refractivity contribution in [3.63, 3.8) is 0 Å². The zero-order chi connectivity index (χ0) is 20.3. The molecule has 1 atom stereocenters. The van der Waals surface area contributed by atoms with E-state index in [-0.39, 0.29) is 0 Å². The summed E-state index contributed by atoms with van der Waals surface area (Å²) in [6.07, 6.45) is 12.6. The lowest BCUT2D eigenvalue weighted by Crippen LogP contribution is -2.36. The quantitative estimate of drug-likeness (QED) is 0.606. The molecule has 0 radical (unpaired) electrons. The average Bonchev–Trinajstić information content (AvgIpc) is 3.16. The van der Waals surface area contributed by atoms with E-state index in [1.165, 1.54) is 69.8 Å². The summed E-state index contributed by atoms with van der Waals surface area (Å²) in [6.45, 7) is 4.02. The minimum absolute atomic E-state index is 0.298. The summed E-state index contributed by atoms with van der Waals surface area (Å²) in [6, 6.07) is 6.76. The maximum Gasteiger partial charge on any atom is 0.161 e. The molecule has 1 aliphatic carbocycles. The third kappa shape index (κ3) is 7.80. The fourth-order valence-electron chi connectivity index (χ4n) is 4.54. The highest BCUT2D eigenvalue weighted by Crippen LogP contribution is 2.28. The standard InChI is InChI=1S/C24H40N2O3/c1-28-24-16-20(17-25-21-10-6-2-3-7-11-21)12-13-23(24)29-19-22(27)18-26-14-8-4-5-9-15-26/h12-13,16,21-22,25,27H,2-11,14-15,17-19H2,1H3. The third-order valence-electron chi connectivity index (χ3n) is 6.28. The molecule has 1 heterocycles. The number of hydrogen-bond donors (Lipinski definition) is 2. The van der Waals surface area contributed by atoms with E-state index in [0.29, 0.717) is 24.9 Å². The van der Waals surface area contributed by atoms with Crippen LogP contribution in [-0.4, -0.2) is 55.5 Å². The van der Waals surface area contributed by atoms with Crippen LogP contribution in [0.25, 0.3) is 0 Å². The number of hydrogen-bond acceptors (Lipinski definition) is 5. The molecule has 0 spiro atoms. The van der Waals surface area contributed by atoms with E-state index in [1.54, 1.807) is 7.11 Å². The molecular weight excluding hydrogens is 364 g/mol. The van der Waals surface area contributed by atoms with E-state index in [9.17, 15) is 5.11 Å². The van der Waals surface area contributed by atoms with Crippen molar-refractivity contribution >= 4 is 0 Å². The molecule has 5 nitrogen and oxygen atoms in total. The van der Waals surface area contributed by atoms with Crippen LogP contribution in [0.2, 0.25) is 0 Å². The zero-order valence-corrected chi connectivity index (χ0v) is 18.2. The second-order valence-corrected chi connectivity index (χ2v) is 8.73. The number of aliphatic hydroxyl groups excluding tert-OH is 1. The van der Waals surface area contributed by atoms with Crippen molar-refractivity contribution in [3.05, 3.63) is 23.8 Å². The first-order valence-corrected chi connectivity index (χ1v) is 11.7. The van der Waals surface area contributed by atoms with E-state index in [4.69, 9.17) is 9.47 Å². The van der Waals surface area contributed by atoms with Gasteiger partial charge in [-0.05, 0) is 56.5 Å². The van der Waals surface area contributed by atoms with E-state index in [0.717, 1.165) is 25.4 Å². The van der Waals surface area contributed by atoms with Crippen molar-refractivity contribution in [2.24, 2.45) is 0 Å². The van der Waals surface area contributed by atoms with Crippen LogP contribution in [0.1, 0.15) is 69.8 Å². The molecule has 1 aromatic rings. The van der Waals surface area contributed by atoms with E-state index in [1.807, 2.05) is 6.07 Å². The molecule has 164 valence electrons. The molecule has 1 saturated carbocycles. The molecule has 3 rings (SSSR count). The fourth-order valence-corrected chi connectivity index (χ4v) is 4.54. The van der Waals surface area contributed by atoms with Gasteiger partial charge in [-0.1, -0.05) is 44.6 Å². The van der Waals surface area contributed by atoms with Crippen LogP contribution in [0, 0.1) is 0 Å². The first kappa shape index (κ1) is 22.4. The maximum absolute atomic E-state index is 10.4. The SMILES string of the molecule is COc1cc(CNC2CCCCCC2)ccc1OCC(O)CN1CCCCCC1. The molecule has 0 aromatic heterocycles. The normalized spacial score (nSPS) is 20.6. The first-order valence-electron chi connectivity index (χ1n) is 11.7. The van der Waals surface area contributed by atoms with Gasteiger partial charge >= 0.3 is 0 Å². The number of benzene rings is 1. The monoisotopic (exact) mass is 404 g/mol. The zero-order valence-electron chi connectivity index (χ0n) is 18.2. The van der Waals surface area contributed by atoms with Gasteiger partial charge in [0.15, 0.2) is 11.5 Å². The lowest BCUT2D eigenvalue weighted by atomic mass is 10.1. The minimum Gasteiger partial charge on any atom is -0.493 e. The summed E-state index contributed by atoms with van der Waals surface area (Å²) in [5.41, 5.74) is 1.21. The summed E-state index contributed by atoms with van der Waals surface area (Å²) >= 11 is 0. The van der Waals surface area contributed by atoms with Gasteiger partial charge in [-0.3, -0.25) is 0 Å². The van der Waals surface area contributed by atoms with Crippen LogP contribution in [0.3, 0.4) is 0 Å². The van der Waals surface area contributed by atoms with Crippen LogP contribution in [0.5, 0.6) is 11.5 Å². The van der Waals surface area contributed by atoms with Gasteiger partial charge in [0, 0.05) is 19.1 Å². The van der Waals surface area contributed by atoms with Crippen molar-refractivity contribution in [2.75, 3.05) is 33.4 Å². The number of methoxy groups -OCH3 is 1. The highest BCUT2D eigenvalue weighted by molar-refractivity contribution is 5.43. The lowest BCUT2D eigenvalue weighted by Gasteiger charge is -2.23. The summed E-state index contributed by atoms with van der Waals surface area (Å²) in [7, 11) is 1.68. The molecule has 0 bridgehead atoms. The number of nitrogens with one attached hydrogen (secondary N) is 1. The van der Waals surface area contributed by atoms with Gasteiger partial charge in [-0.25, -0.2) is 0 Å². The van der Waals surface area contributed by atoms with Gasteiger partial charge in [-0.2, -0.15) is 0 Å². The van der Waals surface area contributed by atoms with Crippen molar-refractivity contribution in [1.82, 2.24) is 10.2 Å². The molecule has 2 fully saturated rings. The van der Waals surface area contributed by atoms with Crippen LogP contribution in [-0.2, 0) is 6.54 Å². The lowest BCUT2D eigenvalue weighted by molar-refractivity contribution is 0.0683. The number of β-amino-alcohol motifs (C(OH)–C–C–N with tert-alkyl or cyclic N) is 1. The molecule has 0 amide bonds. The number of ether oxygens (including phenoxy) is 2. The topological polar surface area (TPSA) is 54.0 Å². The molecule has 2 aliphatic rings. The third-order valence-corrected chi connectivity index (χ3v) is 6.28. The number of aliphatic hydroxyl groups is 1. The smallest absolute Gasteiger partial charge is 0.161 e. The summed E-state index contributed by atoms with van der Waals surface area (Å²) in [5, 5.41) is 14.1. The molecule has 1 aliphatic heterocycles. The van der Waals surface area contributed by atoms with Crippen molar-refractivity contribution < 1.29 is 14.6 Å². The number of likely N-dealkylation sites (tertiary alicyclic amines) is 1. The van der Waals surface area contributed by atoms with Gasteiger partial charge in [0.05, 0.1) is 7.11 Å². The molecule has 29 heavy (non-hydrogen) atoms. The Bertz CT molecular complexity index is 579. The Hall–Kier alpha value is -1.30. The summed E-state index contributed by atoms with van der Waals surface area (Å²) in [5.74, 6) is 1.45. The largest absolute Gasteiger partial charge is 0.493 e. The Kier molecular flexibility index (Phi) is 9.58. The van der Waals surface area contributed by atoms with Crippen molar-refractivity contribution in [3.8, 4) is 11.5 Å². The van der Waals surface area contributed by atoms with Gasteiger partial charge in [-0.15, -0.1) is 0 Å². The van der Waals surface area contributed by atoms with Gasteiger partial charge in [0.1, 0.15) is 12.7 Å². The van der Waals surface area contributed by atoms with Gasteiger partial charge < -0.3 is 24.8 Å². The highest BCUT2D eigenvalue weighted by atomic mass is 16.5. The molecule has 1 saturated heterocycles. The molecule has 1 aromatic carbocycles. The fraction of sp³-hybridized carbons (Fsp3) is 0.750. The Morgan fingerprint density at radius 2 is 1.69 bits per heavy atom. The Morgan fingerprint density at radius 3 is 2.38 bits per heavy atom. The van der Waals surface area contributed by atoms with Crippen LogP contribution < -0.4 is 14.8 Å². The highest BCUT2D eigenvalue weighted by Gasteiger charge is 2.16. The first-order chi connectivity index (χ1) is 14.2. The Labute approximate surface area is 176 Å². The number of rotatable bonds is 9. The predicted octanol–water partition coefficient (Wildman–Crippen LogP) is 4.12. The van der Waals surface area contributed by atoms with Crippen LogP contribution in [0.15, 0.2) is 18.2 Å². The maximum atomic E-state index is 10.4. The average molecular weight is 405 g/mol. The summed E-state index contributed by atoms with van der Waals surface area (Å²) < 4.78 is 11.5. The molecule has 2 N–H and O–H groups in total. The molecule has 1 unspecified atom stereocenters. The molecule has 5 heteroatoms. The van der Waals surface area contributed by atoms with Crippen molar-refractivity contribution in [2.45, 2.75) is 82.9 Å². The van der Waals surface area contributed by atoms with E-state index in [2.05, 4.69) is 22.3 Å². The van der Waals surface area contributed by atoms with E-state index >= 15 is 0 Å². The summed E-state index contributed by atoms with van der Waals surface area (Å²) in [4.78, 5) is 2.36. The van der Waals surface area contributed by atoms with Crippen LogP contribution >= 0.6 is 0 Å². The second kappa shape index (κ2) is 12.4. The number of nitrogens with zero attached hydrogens (tertiary/aromatic N) is 1.